The molecule has 8 heteroatoms. The molecule has 0 aliphatic carbocycles. The highest BCUT2D eigenvalue weighted by Gasteiger charge is 2.21. The van der Waals surface area contributed by atoms with Gasteiger partial charge in [0.25, 0.3) is 0 Å². The summed E-state index contributed by atoms with van der Waals surface area (Å²) in [5, 5.41) is 0. The zero-order chi connectivity index (χ0) is 25.6. The maximum absolute atomic E-state index is 8.49. The molecule has 0 saturated heterocycles. The molecule has 0 atom stereocenters. The van der Waals surface area contributed by atoms with E-state index < -0.39 is 10.2 Å². The van der Waals surface area contributed by atoms with E-state index in [-0.39, 0.29) is 0 Å². The Hall–Kier alpha value is -3.46. The molecule has 7 nitrogen and oxygen atoms in total. The molecule has 1 aromatic heterocycles. The Labute approximate surface area is 207 Å². The normalized spacial score (nSPS) is 10.9. The third kappa shape index (κ3) is 7.78. The van der Waals surface area contributed by atoms with Crippen molar-refractivity contribution in [3.8, 4) is 33.8 Å². The average Bonchev–Trinajstić information content (AvgIpc) is 2.83. The van der Waals surface area contributed by atoms with Crippen molar-refractivity contribution in [2.45, 2.75) is 0 Å². The number of rotatable bonds is 5. The van der Waals surface area contributed by atoms with Crippen LogP contribution in [0.15, 0.2) is 95.4 Å². The van der Waals surface area contributed by atoms with Gasteiger partial charge in [0.1, 0.15) is 0 Å². The Bertz CT molecular complexity index is 1150. The summed E-state index contributed by atoms with van der Waals surface area (Å²) in [6.45, 7) is 0. The molecular formula is C27H27ClN2O5. The van der Waals surface area contributed by atoms with Crippen LogP contribution in [0.3, 0.4) is 0 Å². The molecule has 4 aromatic rings. The van der Waals surface area contributed by atoms with Crippen LogP contribution in [0, 0.1) is 10.2 Å². The summed E-state index contributed by atoms with van der Waals surface area (Å²) in [6.07, 6.45) is 0. The van der Waals surface area contributed by atoms with Crippen molar-refractivity contribution >= 4 is 11.4 Å². The molecule has 0 N–H and O–H groups in total. The fourth-order valence-electron chi connectivity index (χ4n) is 3.43. The van der Waals surface area contributed by atoms with E-state index >= 15 is 0 Å². The minimum atomic E-state index is -4.94. The van der Waals surface area contributed by atoms with Gasteiger partial charge < -0.3 is 9.80 Å². The lowest BCUT2D eigenvalue weighted by Crippen LogP contribution is -2.68. The molecule has 0 spiro atoms. The van der Waals surface area contributed by atoms with E-state index in [1.807, 2.05) is 34.3 Å². The second-order valence-corrected chi connectivity index (χ2v) is 8.96. The molecule has 182 valence electrons. The number of anilines is 2. The predicted octanol–water partition coefficient (Wildman–Crippen LogP) is 1.94. The maximum atomic E-state index is 8.49. The minimum absolute atomic E-state index is 0.855. The lowest BCUT2D eigenvalue weighted by molar-refractivity contribution is -2.00. The van der Waals surface area contributed by atoms with Gasteiger partial charge in [0.05, 0.1) is 23.3 Å². The standard InChI is InChI=1S/C27H27N2O.ClHO4/c1-28(2)24-14-10-21(11-15-24)26-18-23(20-8-6-5-7-9-20)19-27(30-26)22-12-16-25(17-13-22)29(3)4;2-1(3,4)5/h5-19H,1-4H3;(H,2,3,4,5)/q+1;/p-1. The molecule has 4 rings (SSSR count). The molecule has 0 amide bonds. The van der Waals surface area contributed by atoms with Gasteiger partial charge in [0.2, 0.25) is 0 Å². The molecule has 0 radical (unpaired) electrons. The molecule has 0 fully saturated rings. The lowest BCUT2D eigenvalue weighted by Gasteiger charge is -2.17. The first-order valence-electron chi connectivity index (χ1n) is 10.7. The summed E-state index contributed by atoms with van der Waals surface area (Å²) in [4.78, 5) is 4.19. The van der Waals surface area contributed by atoms with Crippen LogP contribution in [0.1, 0.15) is 0 Å². The van der Waals surface area contributed by atoms with E-state index in [1.54, 1.807) is 0 Å². The Balaban J connectivity index is 0.000000623. The molecule has 1 heterocycles. The van der Waals surface area contributed by atoms with E-state index in [2.05, 4.69) is 94.7 Å². The topological polar surface area (TPSA) is 110 Å². The van der Waals surface area contributed by atoms with Crippen LogP contribution in [-0.4, -0.2) is 28.2 Å². The second kappa shape index (κ2) is 11.3. The molecule has 0 unspecified atom stereocenters. The number of hydrogen-bond donors (Lipinski definition) is 0. The monoisotopic (exact) mass is 494 g/mol. The highest BCUT2D eigenvalue weighted by atomic mass is 35.7. The zero-order valence-corrected chi connectivity index (χ0v) is 20.7. The molecule has 0 aliphatic heterocycles. The van der Waals surface area contributed by atoms with Crippen LogP contribution < -0.4 is 28.4 Å². The van der Waals surface area contributed by atoms with Gasteiger partial charge in [0.15, 0.2) is 0 Å². The predicted molar refractivity (Wildman–Crippen MR) is 128 cm³/mol. The summed E-state index contributed by atoms with van der Waals surface area (Å²) in [7, 11) is 3.24. The van der Waals surface area contributed by atoms with Gasteiger partial charge in [-0.1, -0.05) is 30.3 Å². The van der Waals surface area contributed by atoms with Crippen LogP contribution in [0.4, 0.5) is 11.4 Å². The summed E-state index contributed by atoms with van der Waals surface area (Å²) >= 11 is 0. The summed E-state index contributed by atoms with van der Waals surface area (Å²) in [6, 6.07) is 31.6. The van der Waals surface area contributed by atoms with Crippen molar-refractivity contribution in [1.29, 1.82) is 0 Å². The van der Waals surface area contributed by atoms with Crippen molar-refractivity contribution in [1.82, 2.24) is 0 Å². The van der Waals surface area contributed by atoms with Crippen LogP contribution in [0.25, 0.3) is 33.8 Å². The van der Waals surface area contributed by atoms with E-state index in [0.717, 1.165) is 39.6 Å². The van der Waals surface area contributed by atoms with Gasteiger partial charge in [0, 0.05) is 45.1 Å². The number of nitrogens with zero attached hydrogens (tertiary/aromatic N) is 2. The first-order valence-corrected chi connectivity index (χ1v) is 12.0. The van der Waals surface area contributed by atoms with Crippen molar-refractivity contribution in [2.75, 3.05) is 38.0 Å². The fraction of sp³-hybridized carbons (Fsp3) is 0.148. The van der Waals surface area contributed by atoms with Crippen LogP contribution in [0.5, 0.6) is 0 Å². The number of halogens is 1. The molecule has 3 aromatic carbocycles. The highest BCUT2D eigenvalue weighted by Crippen LogP contribution is 2.34. The van der Waals surface area contributed by atoms with Gasteiger partial charge in [-0.25, -0.2) is 23.1 Å². The van der Waals surface area contributed by atoms with Gasteiger partial charge in [-0.3, -0.25) is 0 Å². The smallest absolute Gasteiger partial charge is 0.361 e. The third-order valence-electron chi connectivity index (χ3n) is 5.24. The Morgan fingerprint density at radius 3 is 1.23 bits per heavy atom. The first kappa shape index (κ1) is 26.2. The molecule has 0 aliphatic rings. The van der Waals surface area contributed by atoms with Gasteiger partial charge in [-0.2, -0.15) is 0 Å². The molecular weight excluding hydrogens is 468 g/mol. The Morgan fingerprint density at radius 2 is 0.886 bits per heavy atom. The fourth-order valence-corrected chi connectivity index (χ4v) is 3.43. The highest BCUT2D eigenvalue weighted by molar-refractivity contribution is 5.75. The van der Waals surface area contributed by atoms with Crippen molar-refractivity contribution in [3.63, 3.8) is 0 Å². The van der Waals surface area contributed by atoms with Crippen molar-refractivity contribution in [2.24, 2.45) is 0 Å². The third-order valence-corrected chi connectivity index (χ3v) is 5.24. The Kier molecular flexibility index (Phi) is 8.45. The summed E-state index contributed by atoms with van der Waals surface area (Å²) in [5.41, 5.74) is 6.76. The van der Waals surface area contributed by atoms with Crippen molar-refractivity contribution in [3.05, 3.63) is 91.0 Å². The Morgan fingerprint density at radius 1 is 0.514 bits per heavy atom. The van der Waals surface area contributed by atoms with Crippen LogP contribution >= 0.6 is 0 Å². The van der Waals surface area contributed by atoms with Gasteiger partial charge >= 0.3 is 11.5 Å². The molecule has 0 saturated carbocycles. The van der Waals surface area contributed by atoms with Crippen LogP contribution in [0.2, 0.25) is 0 Å². The van der Waals surface area contributed by atoms with E-state index in [4.69, 9.17) is 23.1 Å². The van der Waals surface area contributed by atoms with Crippen LogP contribution in [-0.2, 0) is 0 Å². The van der Waals surface area contributed by atoms with Crippen molar-refractivity contribution < 1.29 is 33.3 Å². The number of benzene rings is 3. The van der Waals surface area contributed by atoms with E-state index in [9.17, 15) is 0 Å². The minimum Gasteiger partial charge on any atom is -0.378 e. The summed E-state index contributed by atoms with van der Waals surface area (Å²) < 4.78 is 40.4. The van der Waals surface area contributed by atoms with E-state index in [0.29, 0.717) is 0 Å². The molecule has 35 heavy (non-hydrogen) atoms. The first-order chi connectivity index (χ1) is 16.5. The molecule has 0 bridgehead atoms. The quantitative estimate of drug-likeness (QED) is 0.390. The zero-order valence-electron chi connectivity index (χ0n) is 20.0. The summed E-state index contributed by atoms with van der Waals surface area (Å²) in [5.74, 6) is 1.71. The van der Waals surface area contributed by atoms with Gasteiger partial charge in [-0.05, 0) is 54.1 Å². The maximum Gasteiger partial charge on any atom is 0.361 e. The number of hydrogen-bond acceptors (Lipinski definition) is 6. The average molecular weight is 495 g/mol. The second-order valence-electron chi connectivity index (χ2n) is 8.20. The lowest BCUT2D eigenvalue weighted by atomic mass is 10.0. The SMILES string of the molecule is CN(C)c1ccc(-c2cc(-c3ccccc3)cc(-c3ccc(N(C)C)cc3)[o+]2)cc1.[O-][Cl+3]([O-])([O-])[O-]. The largest absolute Gasteiger partial charge is 0.378 e. The van der Waals surface area contributed by atoms with Gasteiger partial charge in [-0.15, -0.1) is 10.2 Å². The van der Waals surface area contributed by atoms with E-state index in [1.165, 1.54) is 5.56 Å².